The van der Waals surface area contributed by atoms with Gasteiger partial charge in [0.05, 0.1) is 18.5 Å². The predicted molar refractivity (Wildman–Crippen MR) is 134 cm³/mol. The monoisotopic (exact) mass is 474 g/mol. The molecule has 0 fully saturated rings. The molecule has 1 aliphatic rings. The summed E-state index contributed by atoms with van der Waals surface area (Å²) in [6.45, 7) is 6.19. The molecule has 8 nitrogen and oxygen atoms in total. The number of hydrogen-bond donors (Lipinski definition) is 1. The first-order chi connectivity index (χ1) is 16.8. The van der Waals surface area contributed by atoms with Crippen molar-refractivity contribution in [2.45, 2.75) is 46.5 Å². The number of rotatable bonds is 6. The number of nitrogens with one attached hydrogen (secondary N) is 1. The van der Waals surface area contributed by atoms with Crippen LogP contribution in [0.2, 0.25) is 0 Å². The number of hydrogen-bond acceptors (Lipinski definition) is 5. The lowest BCUT2D eigenvalue weighted by Gasteiger charge is -2.29. The summed E-state index contributed by atoms with van der Waals surface area (Å²) < 4.78 is 6.57. The number of carbonyl (C=O) groups is 3. The van der Waals surface area contributed by atoms with Gasteiger partial charge in [0.2, 0.25) is 5.91 Å². The maximum absolute atomic E-state index is 12.9. The molecule has 1 aromatic heterocycles. The van der Waals surface area contributed by atoms with Crippen molar-refractivity contribution in [2.75, 3.05) is 23.9 Å². The zero-order chi connectivity index (χ0) is 25.1. The van der Waals surface area contributed by atoms with Crippen molar-refractivity contribution in [1.29, 1.82) is 0 Å². The summed E-state index contributed by atoms with van der Waals surface area (Å²) in [6.07, 6.45) is 2.65. The highest BCUT2D eigenvalue weighted by Gasteiger charge is 2.20. The first-order valence-corrected chi connectivity index (χ1v) is 11.7. The van der Waals surface area contributed by atoms with Crippen LogP contribution in [0.1, 0.15) is 52.6 Å². The molecule has 35 heavy (non-hydrogen) atoms. The minimum absolute atomic E-state index is 0.0287. The van der Waals surface area contributed by atoms with Gasteiger partial charge in [0, 0.05) is 42.5 Å². The number of fused-ring (bicyclic) bond motifs is 1. The first-order valence-electron chi connectivity index (χ1n) is 11.7. The molecule has 4 rings (SSSR count). The lowest BCUT2D eigenvalue weighted by molar-refractivity contribution is -0.140. The van der Waals surface area contributed by atoms with E-state index in [1.54, 1.807) is 24.0 Å². The van der Waals surface area contributed by atoms with E-state index in [0.29, 0.717) is 24.1 Å². The summed E-state index contributed by atoms with van der Waals surface area (Å²) in [4.78, 5) is 38.1. The second kappa shape index (κ2) is 10.1. The Morgan fingerprint density at radius 1 is 1.09 bits per heavy atom. The van der Waals surface area contributed by atoms with Crippen LogP contribution in [0.3, 0.4) is 0 Å². The number of esters is 1. The van der Waals surface area contributed by atoms with E-state index in [1.807, 2.05) is 48.9 Å². The van der Waals surface area contributed by atoms with Crippen LogP contribution in [-0.4, -0.2) is 41.2 Å². The molecule has 8 heteroatoms. The molecule has 0 radical (unpaired) electrons. The fourth-order valence-electron chi connectivity index (χ4n) is 4.58. The standard InChI is InChI=1S/C27H30N4O4/c1-17-24(12-14-26(33)35-4)18(2)31(29-17)23-10-7-20(8-11-23)27(34)28-22-9-13-25-21(16-22)6-5-15-30(25)19(3)32/h7-11,13,16H,5-6,12,14-15H2,1-4H3,(H,28,34). The van der Waals surface area contributed by atoms with Crippen LogP contribution in [0, 0.1) is 13.8 Å². The second-order valence-electron chi connectivity index (χ2n) is 8.76. The van der Waals surface area contributed by atoms with E-state index in [9.17, 15) is 14.4 Å². The molecule has 0 saturated carbocycles. The number of nitrogens with zero attached hydrogens (tertiary/aromatic N) is 3. The normalized spacial score (nSPS) is 12.7. The van der Waals surface area contributed by atoms with E-state index in [1.165, 1.54) is 7.11 Å². The van der Waals surface area contributed by atoms with Crippen molar-refractivity contribution in [3.05, 3.63) is 70.5 Å². The SMILES string of the molecule is COC(=O)CCc1c(C)nn(-c2ccc(C(=O)Nc3ccc4c(c3)CCCN4C(C)=O)cc2)c1C. The molecular weight excluding hydrogens is 444 g/mol. The zero-order valence-corrected chi connectivity index (χ0v) is 20.6. The Morgan fingerprint density at radius 2 is 1.83 bits per heavy atom. The van der Waals surface area contributed by atoms with Crippen LogP contribution in [-0.2, 0) is 27.2 Å². The third-order valence-corrected chi connectivity index (χ3v) is 6.46. The lowest BCUT2D eigenvalue weighted by atomic mass is 10.0. The van der Waals surface area contributed by atoms with Crippen molar-refractivity contribution in [2.24, 2.45) is 0 Å². The van der Waals surface area contributed by atoms with E-state index in [-0.39, 0.29) is 17.8 Å². The van der Waals surface area contributed by atoms with Crippen LogP contribution in [0.4, 0.5) is 11.4 Å². The average Bonchev–Trinajstić information content (AvgIpc) is 3.14. The van der Waals surface area contributed by atoms with Crippen molar-refractivity contribution >= 4 is 29.2 Å². The molecule has 0 spiro atoms. The van der Waals surface area contributed by atoms with Gasteiger partial charge in [-0.2, -0.15) is 5.10 Å². The second-order valence-corrected chi connectivity index (χ2v) is 8.76. The van der Waals surface area contributed by atoms with E-state index < -0.39 is 0 Å². The number of carbonyl (C=O) groups excluding carboxylic acids is 3. The summed E-state index contributed by atoms with van der Waals surface area (Å²) in [5, 5.41) is 7.58. The minimum Gasteiger partial charge on any atom is -0.469 e. The fraction of sp³-hybridized carbons (Fsp3) is 0.333. The van der Waals surface area contributed by atoms with Gasteiger partial charge in [-0.3, -0.25) is 14.4 Å². The van der Waals surface area contributed by atoms with Crippen LogP contribution in [0.15, 0.2) is 42.5 Å². The zero-order valence-electron chi connectivity index (χ0n) is 20.6. The number of ether oxygens (including phenoxy) is 1. The maximum Gasteiger partial charge on any atom is 0.305 e. The number of methoxy groups -OCH3 is 1. The largest absolute Gasteiger partial charge is 0.469 e. The number of aryl methyl sites for hydroxylation is 2. The third-order valence-electron chi connectivity index (χ3n) is 6.46. The quantitative estimate of drug-likeness (QED) is 0.542. The van der Waals surface area contributed by atoms with Gasteiger partial charge in [0.15, 0.2) is 0 Å². The van der Waals surface area contributed by atoms with E-state index in [2.05, 4.69) is 10.4 Å². The molecule has 2 aromatic carbocycles. The summed E-state index contributed by atoms with van der Waals surface area (Å²) in [5.74, 6) is -0.425. The molecule has 0 saturated heterocycles. The van der Waals surface area contributed by atoms with Crippen molar-refractivity contribution < 1.29 is 19.1 Å². The van der Waals surface area contributed by atoms with Crippen LogP contribution < -0.4 is 10.2 Å². The Kier molecular flexibility index (Phi) is 7.00. The Morgan fingerprint density at radius 3 is 2.51 bits per heavy atom. The molecule has 3 aromatic rings. The van der Waals surface area contributed by atoms with Crippen molar-refractivity contribution in [3.8, 4) is 5.69 Å². The molecule has 1 N–H and O–H groups in total. The van der Waals surface area contributed by atoms with Crippen LogP contribution >= 0.6 is 0 Å². The Bertz CT molecular complexity index is 1280. The topological polar surface area (TPSA) is 93.5 Å². The Hall–Kier alpha value is -3.94. The van der Waals surface area contributed by atoms with E-state index >= 15 is 0 Å². The summed E-state index contributed by atoms with van der Waals surface area (Å²) in [6, 6.07) is 12.9. The summed E-state index contributed by atoms with van der Waals surface area (Å²) in [5.41, 5.74) is 6.90. The van der Waals surface area contributed by atoms with Gasteiger partial charge in [0.25, 0.3) is 5.91 Å². The summed E-state index contributed by atoms with van der Waals surface area (Å²) >= 11 is 0. The maximum atomic E-state index is 12.9. The number of benzene rings is 2. The predicted octanol–water partition coefficient (Wildman–Crippen LogP) is 4.15. The Labute approximate surface area is 204 Å². The molecule has 182 valence electrons. The average molecular weight is 475 g/mol. The molecule has 2 amide bonds. The van der Waals surface area contributed by atoms with Gasteiger partial charge in [0.1, 0.15) is 0 Å². The smallest absolute Gasteiger partial charge is 0.305 e. The fourth-order valence-corrected chi connectivity index (χ4v) is 4.58. The van der Waals surface area contributed by atoms with Crippen molar-refractivity contribution in [1.82, 2.24) is 9.78 Å². The van der Waals surface area contributed by atoms with Crippen molar-refractivity contribution in [3.63, 3.8) is 0 Å². The molecule has 0 atom stereocenters. The van der Waals surface area contributed by atoms with Gasteiger partial charge in [-0.05, 0) is 86.7 Å². The molecule has 0 aliphatic carbocycles. The molecule has 2 heterocycles. The third kappa shape index (κ3) is 5.11. The highest BCUT2D eigenvalue weighted by atomic mass is 16.5. The van der Waals surface area contributed by atoms with Gasteiger partial charge >= 0.3 is 5.97 Å². The molecule has 1 aliphatic heterocycles. The Balaban J connectivity index is 1.47. The van der Waals surface area contributed by atoms with Gasteiger partial charge < -0.3 is 15.0 Å². The highest BCUT2D eigenvalue weighted by molar-refractivity contribution is 6.04. The first kappa shape index (κ1) is 24.2. The molecular formula is C27H30N4O4. The van der Waals surface area contributed by atoms with Crippen LogP contribution in [0.25, 0.3) is 5.69 Å². The van der Waals surface area contributed by atoms with Gasteiger partial charge in [-0.1, -0.05) is 0 Å². The van der Waals surface area contributed by atoms with E-state index in [4.69, 9.17) is 4.74 Å². The van der Waals surface area contributed by atoms with E-state index in [0.717, 1.165) is 53.3 Å². The van der Waals surface area contributed by atoms with Gasteiger partial charge in [-0.25, -0.2) is 4.68 Å². The summed E-state index contributed by atoms with van der Waals surface area (Å²) in [7, 11) is 1.39. The lowest BCUT2D eigenvalue weighted by Crippen LogP contribution is -2.33. The number of amides is 2. The number of anilines is 2. The number of aromatic nitrogens is 2. The highest BCUT2D eigenvalue weighted by Crippen LogP contribution is 2.30. The minimum atomic E-state index is -0.248. The van der Waals surface area contributed by atoms with Gasteiger partial charge in [-0.15, -0.1) is 0 Å². The molecule has 0 bridgehead atoms. The van der Waals surface area contributed by atoms with Crippen LogP contribution in [0.5, 0.6) is 0 Å². The molecule has 0 unspecified atom stereocenters.